The first-order chi connectivity index (χ1) is 13.9. The molecular weight excluding hydrogens is 388 g/mol. The molecule has 8 nitrogen and oxygen atoms in total. The van der Waals surface area contributed by atoms with Gasteiger partial charge in [0.2, 0.25) is 0 Å². The van der Waals surface area contributed by atoms with Crippen molar-refractivity contribution in [2.45, 2.75) is 30.6 Å². The third-order valence-electron chi connectivity index (χ3n) is 5.78. The molecule has 0 amide bonds. The molecule has 1 aliphatic heterocycles. The first kappa shape index (κ1) is 18.5. The van der Waals surface area contributed by atoms with E-state index in [0.29, 0.717) is 19.0 Å². The first-order valence-electron chi connectivity index (χ1n) is 9.80. The third kappa shape index (κ3) is 3.38. The molecule has 1 aliphatic carbocycles. The minimum Gasteiger partial charge on any atom is -0.377 e. The van der Waals surface area contributed by atoms with Gasteiger partial charge in [-0.3, -0.25) is 4.78 Å². The summed E-state index contributed by atoms with van der Waals surface area (Å²) in [4.78, 5) is 19.5. The Morgan fingerprint density at radius 1 is 1.34 bits per heavy atom. The standard InChI is InChI=1S/C20H24N6O2S/c1-12-11-28-8-7-26(12)18-10-16(15-9-17(15)29(2,21)27)24-20(25-18)14-4-6-23-19-13(14)3-5-22-19/h3-6,10,12,15,17,21H,7-9,11H2,1-2H3,(H,22,23). The molecule has 2 fully saturated rings. The van der Waals surface area contributed by atoms with Crippen LogP contribution in [0.5, 0.6) is 0 Å². The summed E-state index contributed by atoms with van der Waals surface area (Å²) >= 11 is 0. The number of nitrogens with zero attached hydrogens (tertiary/aromatic N) is 4. The Morgan fingerprint density at radius 3 is 2.97 bits per heavy atom. The normalized spacial score (nSPS) is 26.4. The van der Waals surface area contributed by atoms with Crippen molar-refractivity contribution in [3.63, 3.8) is 0 Å². The molecule has 0 radical (unpaired) electrons. The molecule has 4 heterocycles. The van der Waals surface area contributed by atoms with Crippen LogP contribution in [0.4, 0.5) is 5.82 Å². The monoisotopic (exact) mass is 412 g/mol. The van der Waals surface area contributed by atoms with E-state index in [2.05, 4.69) is 21.8 Å². The number of rotatable bonds is 4. The molecule has 9 heteroatoms. The minimum absolute atomic E-state index is 0.0467. The second-order valence-corrected chi connectivity index (χ2v) is 10.4. The average Bonchev–Trinajstić information content (AvgIpc) is 3.38. The van der Waals surface area contributed by atoms with Gasteiger partial charge in [-0.2, -0.15) is 0 Å². The molecule has 29 heavy (non-hydrogen) atoms. The van der Waals surface area contributed by atoms with Gasteiger partial charge in [0.1, 0.15) is 11.5 Å². The molecule has 4 unspecified atom stereocenters. The Kier molecular flexibility index (Phi) is 4.32. The van der Waals surface area contributed by atoms with Crippen molar-refractivity contribution in [3.05, 3.63) is 36.3 Å². The zero-order chi connectivity index (χ0) is 20.2. The molecule has 152 valence electrons. The number of fused-ring (bicyclic) bond motifs is 1. The van der Waals surface area contributed by atoms with Gasteiger partial charge in [0.25, 0.3) is 0 Å². The van der Waals surface area contributed by atoms with Gasteiger partial charge in [-0.15, -0.1) is 0 Å². The van der Waals surface area contributed by atoms with E-state index in [1.807, 2.05) is 24.4 Å². The van der Waals surface area contributed by atoms with Crippen LogP contribution in [-0.4, -0.2) is 61.5 Å². The lowest BCUT2D eigenvalue weighted by Gasteiger charge is -2.34. The highest BCUT2D eigenvalue weighted by atomic mass is 32.2. The van der Waals surface area contributed by atoms with E-state index in [9.17, 15) is 4.21 Å². The second-order valence-electron chi connectivity index (χ2n) is 7.97. The van der Waals surface area contributed by atoms with Crippen molar-refractivity contribution in [1.82, 2.24) is 19.9 Å². The van der Waals surface area contributed by atoms with E-state index in [1.165, 1.54) is 6.26 Å². The van der Waals surface area contributed by atoms with Crippen LogP contribution < -0.4 is 4.90 Å². The zero-order valence-corrected chi connectivity index (χ0v) is 17.3. The van der Waals surface area contributed by atoms with Crippen molar-refractivity contribution in [3.8, 4) is 11.4 Å². The second kappa shape index (κ2) is 6.77. The Morgan fingerprint density at radius 2 is 2.21 bits per heavy atom. The van der Waals surface area contributed by atoms with Gasteiger partial charge in [0.05, 0.1) is 30.2 Å². The Labute approximate surface area is 169 Å². The van der Waals surface area contributed by atoms with Gasteiger partial charge < -0.3 is 14.6 Å². The number of hydrogen-bond donors (Lipinski definition) is 2. The highest BCUT2D eigenvalue weighted by Crippen LogP contribution is 2.46. The number of morpholine rings is 1. The van der Waals surface area contributed by atoms with Gasteiger partial charge in [-0.1, -0.05) is 0 Å². The lowest BCUT2D eigenvalue weighted by Crippen LogP contribution is -2.44. The summed E-state index contributed by atoms with van der Waals surface area (Å²) in [5.41, 5.74) is 2.58. The smallest absolute Gasteiger partial charge is 0.162 e. The summed E-state index contributed by atoms with van der Waals surface area (Å²) < 4.78 is 25.8. The summed E-state index contributed by atoms with van der Waals surface area (Å²) in [6, 6.07) is 6.13. The average molecular weight is 413 g/mol. The summed E-state index contributed by atoms with van der Waals surface area (Å²) in [5.74, 6) is 1.55. The lowest BCUT2D eigenvalue weighted by atomic mass is 10.1. The van der Waals surface area contributed by atoms with Crippen LogP contribution in [-0.2, 0) is 14.5 Å². The van der Waals surface area contributed by atoms with Crippen molar-refractivity contribution >= 4 is 26.6 Å². The number of aromatic nitrogens is 4. The summed E-state index contributed by atoms with van der Waals surface area (Å²) in [7, 11) is -2.59. The number of hydrogen-bond acceptors (Lipinski definition) is 7. The predicted octanol–water partition coefficient (Wildman–Crippen LogP) is 2.78. The fourth-order valence-corrected chi connectivity index (χ4v) is 5.45. The molecule has 1 saturated heterocycles. The molecule has 3 aromatic heterocycles. The van der Waals surface area contributed by atoms with E-state index in [4.69, 9.17) is 19.5 Å². The maximum atomic E-state index is 12.3. The van der Waals surface area contributed by atoms with E-state index in [0.717, 1.165) is 41.1 Å². The number of nitrogens with one attached hydrogen (secondary N) is 2. The van der Waals surface area contributed by atoms with Crippen molar-refractivity contribution in [2.75, 3.05) is 30.9 Å². The van der Waals surface area contributed by atoms with Crippen LogP contribution in [0.1, 0.15) is 25.0 Å². The quantitative estimate of drug-likeness (QED) is 0.682. The molecule has 4 atom stereocenters. The predicted molar refractivity (Wildman–Crippen MR) is 113 cm³/mol. The largest absolute Gasteiger partial charge is 0.377 e. The number of anilines is 1. The third-order valence-corrected chi connectivity index (χ3v) is 7.46. The summed E-state index contributed by atoms with van der Waals surface area (Å²) in [6.45, 7) is 4.22. The molecule has 2 N–H and O–H groups in total. The molecule has 0 spiro atoms. The van der Waals surface area contributed by atoms with Crippen LogP contribution >= 0.6 is 0 Å². The zero-order valence-electron chi connectivity index (χ0n) is 16.5. The Bertz CT molecular complexity index is 1170. The molecule has 3 aromatic rings. The molecule has 5 rings (SSSR count). The first-order valence-corrected chi connectivity index (χ1v) is 11.8. The number of ether oxygens (including phenoxy) is 1. The van der Waals surface area contributed by atoms with Crippen molar-refractivity contribution in [2.24, 2.45) is 0 Å². The summed E-state index contributed by atoms with van der Waals surface area (Å²) in [5, 5.41) is 0.836. The fourth-order valence-electron chi connectivity index (χ4n) is 4.11. The van der Waals surface area contributed by atoms with Gasteiger partial charge in [0, 0.05) is 57.9 Å². The van der Waals surface area contributed by atoms with Crippen molar-refractivity contribution < 1.29 is 8.95 Å². The van der Waals surface area contributed by atoms with Crippen LogP contribution in [0, 0.1) is 4.78 Å². The maximum absolute atomic E-state index is 12.3. The van der Waals surface area contributed by atoms with E-state index >= 15 is 0 Å². The van der Waals surface area contributed by atoms with Crippen LogP contribution in [0.2, 0.25) is 0 Å². The van der Waals surface area contributed by atoms with E-state index in [-0.39, 0.29) is 17.2 Å². The molecule has 0 bridgehead atoms. The highest BCUT2D eigenvalue weighted by Gasteiger charge is 2.45. The molecule has 0 aromatic carbocycles. The Balaban J connectivity index is 1.63. The minimum atomic E-state index is -2.59. The lowest BCUT2D eigenvalue weighted by molar-refractivity contribution is 0.0985. The molecule has 2 aliphatic rings. The number of H-pyrrole nitrogens is 1. The van der Waals surface area contributed by atoms with E-state index in [1.54, 1.807) is 6.20 Å². The fraction of sp³-hybridized carbons (Fsp3) is 0.450. The van der Waals surface area contributed by atoms with Crippen LogP contribution in [0.3, 0.4) is 0 Å². The molecule has 1 saturated carbocycles. The van der Waals surface area contributed by atoms with Crippen LogP contribution in [0.15, 0.2) is 30.6 Å². The molecular formula is C20H24N6O2S. The van der Waals surface area contributed by atoms with Crippen LogP contribution in [0.25, 0.3) is 22.4 Å². The highest BCUT2D eigenvalue weighted by molar-refractivity contribution is 7.92. The Hall–Kier alpha value is -2.52. The number of pyridine rings is 1. The van der Waals surface area contributed by atoms with Gasteiger partial charge in [0.15, 0.2) is 5.82 Å². The van der Waals surface area contributed by atoms with Gasteiger partial charge in [-0.05, 0) is 25.5 Å². The number of aromatic amines is 1. The van der Waals surface area contributed by atoms with E-state index < -0.39 is 9.73 Å². The summed E-state index contributed by atoms with van der Waals surface area (Å²) in [6.07, 6.45) is 5.88. The topological polar surface area (TPSA) is 108 Å². The maximum Gasteiger partial charge on any atom is 0.162 e. The van der Waals surface area contributed by atoms with Gasteiger partial charge in [-0.25, -0.2) is 19.2 Å². The van der Waals surface area contributed by atoms with Gasteiger partial charge >= 0.3 is 0 Å². The SMILES string of the molecule is CC1COCCN1c1cc(C2CC2S(C)(=N)=O)nc(-c2ccnc3[nH]ccc23)n1. The van der Waals surface area contributed by atoms with Crippen molar-refractivity contribution in [1.29, 1.82) is 4.78 Å².